The molecule has 0 atom stereocenters. The number of nitrogens with one attached hydrogen (secondary N) is 1. The molecule has 0 amide bonds. The summed E-state index contributed by atoms with van der Waals surface area (Å²) in [4.78, 5) is 23.5. The van der Waals surface area contributed by atoms with Gasteiger partial charge in [0.25, 0.3) is 12.0 Å². The fourth-order valence-corrected chi connectivity index (χ4v) is 1.19. The zero-order chi connectivity index (χ0) is 12.3. The Balaban J connectivity index is 3.34. The van der Waals surface area contributed by atoms with Gasteiger partial charge in [-0.1, -0.05) is 0 Å². The summed E-state index contributed by atoms with van der Waals surface area (Å²) in [5, 5.41) is 17.0. The van der Waals surface area contributed by atoms with Gasteiger partial charge in [0.15, 0.2) is 0 Å². The normalized spacial score (nSPS) is 10.1. The fourth-order valence-electron chi connectivity index (χ4n) is 1.19. The number of aliphatic carboxylic acids is 1. The number of aromatic amines is 1. The molecular weight excluding hydrogens is 222 g/mol. The lowest BCUT2D eigenvalue weighted by Crippen LogP contribution is -2.18. The Morgan fingerprint density at radius 3 is 2.69 bits per heavy atom. The van der Waals surface area contributed by atoms with Crippen molar-refractivity contribution in [1.82, 2.24) is 4.98 Å². The van der Waals surface area contributed by atoms with Crippen LogP contribution in [0, 0.1) is 11.3 Å². The monoisotopic (exact) mass is 228 g/mol. The number of aromatic nitrogens is 1. The van der Waals surface area contributed by atoms with Crippen LogP contribution in [0.2, 0.25) is 0 Å². The third-order valence-corrected chi connectivity index (χ3v) is 1.81. The standard InChI is InChI=1S/C9H6F2N2O3/c10-8(11)7-4(3-12)1-5(2-6(14)15)13-9(7)16/h1,8H,2H2,(H,13,16)(H,14,15). The van der Waals surface area contributed by atoms with Crippen LogP contribution in [0.3, 0.4) is 0 Å². The Morgan fingerprint density at radius 2 is 2.25 bits per heavy atom. The molecule has 0 spiro atoms. The maximum atomic E-state index is 12.4. The first-order valence-corrected chi connectivity index (χ1v) is 4.12. The number of hydrogen-bond donors (Lipinski definition) is 2. The van der Waals surface area contributed by atoms with Gasteiger partial charge in [-0.3, -0.25) is 9.59 Å². The highest BCUT2D eigenvalue weighted by molar-refractivity contribution is 5.69. The van der Waals surface area contributed by atoms with E-state index in [0.29, 0.717) is 0 Å². The fraction of sp³-hybridized carbons (Fsp3) is 0.222. The molecule has 1 heterocycles. The van der Waals surface area contributed by atoms with Crippen LogP contribution in [-0.4, -0.2) is 16.1 Å². The minimum atomic E-state index is -3.07. The van der Waals surface area contributed by atoms with E-state index in [1.165, 1.54) is 6.07 Å². The van der Waals surface area contributed by atoms with E-state index in [-0.39, 0.29) is 5.69 Å². The molecule has 0 saturated carbocycles. The van der Waals surface area contributed by atoms with E-state index >= 15 is 0 Å². The molecule has 1 rings (SSSR count). The third kappa shape index (κ3) is 2.42. The van der Waals surface area contributed by atoms with Crippen molar-refractivity contribution in [3.63, 3.8) is 0 Å². The van der Waals surface area contributed by atoms with E-state index in [1.807, 2.05) is 4.98 Å². The highest BCUT2D eigenvalue weighted by Gasteiger charge is 2.19. The summed E-state index contributed by atoms with van der Waals surface area (Å²) in [6, 6.07) is 2.38. The summed E-state index contributed by atoms with van der Waals surface area (Å²) in [5.74, 6) is -1.23. The predicted octanol–water partition coefficient (Wildman–Crippen LogP) is 0.811. The van der Waals surface area contributed by atoms with Gasteiger partial charge in [-0.25, -0.2) is 8.78 Å². The van der Waals surface area contributed by atoms with Crippen LogP contribution in [0.15, 0.2) is 10.9 Å². The molecule has 0 aromatic carbocycles. The molecule has 1 aromatic rings. The first-order chi connectivity index (χ1) is 7.45. The summed E-state index contributed by atoms with van der Waals surface area (Å²) in [7, 11) is 0. The minimum absolute atomic E-state index is 0.0848. The molecule has 0 aliphatic heterocycles. The molecule has 16 heavy (non-hydrogen) atoms. The second-order valence-electron chi connectivity index (χ2n) is 2.93. The average molecular weight is 228 g/mol. The summed E-state index contributed by atoms with van der Waals surface area (Å²) < 4.78 is 24.8. The van der Waals surface area contributed by atoms with Crippen LogP contribution in [0.4, 0.5) is 8.78 Å². The number of pyridine rings is 1. The van der Waals surface area contributed by atoms with Gasteiger partial charge in [-0.05, 0) is 6.07 Å². The number of carbonyl (C=O) groups is 1. The van der Waals surface area contributed by atoms with Gasteiger partial charge in [-0.2, -0.15) is 5.26 Å². The van der Waals surface area contributed by atoms with E-state index in [9.17, 15) is 18.4 Å². The van der Waals surface area contributed by atoms with Crippen molar-refractivity contribution in [1.29, 1.82) is 5.26 Å². The molecule has 7 heteroatoms. The Labute approximate surface area is 88.0 Å². The second kappa shape index (κ2) is 4.53. The molecule has 0 aliphatic carbocycles. The maximum absolute atomic E-state index is 12.4. The molecule has 1 aromatic heterocycles. The van der Waals surface area contributed by atoms with E-state index < -0.39 is 35.5 Å². The molecule has 2 N–H and O–H groups in total. The molecule has 84 valence electrons. The Morgan fingerprint density at radius 1 is 1.62 bits per heavy atom. The number of nitriles is 1. The molecule has 5 nitrogen and oxygen atoms in total. The smallest absolute Gasteiger partial charge is 0.309 e. The van der Waals surface area contributed by atoms with Gasteiger partial charge < -0.3 is 10.1 Å². The summed E-state index contributed by atoms with van der Waals surface area (Å²) in [6.07, 6.45) is -3.61. The van der Waals surface area contributed by atoms with Crippen molar-refractivity contribution in [3.8, 4) is 6.07 Å². The topological polar surface area (TPSA) is 93.9 Å². The van der Waals surface area contributed by atoms with Gasteiger partial charge in [0, 0.05) is 5.69 Å². The minimum Gasteiger partial charge on any atom is -0.481 e. The van der Waals surface area contributed by atoms with Crippen molar-refractivity contribution in [2.24, 2.45) is 0 Å². The van der Waals surface area contributed by atoms with Gasteiger partial charge in [-0.15, -0.1) is 0 Å². The van der Waals surface area contributed by atoms with Crippen LogP contribution in [-0.2, 0) is 11.2 Å². The van der Waals surface area contributed by atoms with Crippen molar-refractivity contribution >= 4 is 5.97 Å². The molecular formula is C9H6F2N2O3. The quantitative estimate of drug-likeness (QED) is 0.800. The summed E-state index contributed by atoms with van der Waals surface area (Å²) in [6.45, 7) is 0. The van der Waals surface area contributed by atoms with E-state index in [2.05, 4.69) is 0 Å². The Kier molecular flexibility index (Phi) is 3.35. The van der Waals surface area contributed by atoms with Crippen LogP contribution in [0.5, 0.6) is 0 Å². The maximum Gasteiger partial charge on any atom is 0.309 e. The average Bonchev–Trinajstić information content (AvgIpc) is 2.14. The van der Waals surface area contributed by atoms with Gasteiger partial charge >= 0.3 is 5.97 Å². The molecule has 0 unspecified atom stereocenters. The first-order valence-electron chi connectivity index (χ1n) is 4.12. The number of carboxylic acids is 1. The second-order valence-corrected chi connectivity index (χ2v) is 2.93. The molecule has 0 saturated heterocycles. The summed E-state index contributed by atoms with van der Waals surface area (Å²) in [5.41, 5.74) is -2.66. The van der Waals surface area contributed by atoms with Crippen molar-refractivity contribution in [2.75, 3.05) is 0 Å². The number of nitrogens with zero attached hydrogens (tertiary/aromatic N) is 1. The van der Waals surface area contributed by atoms with Gasteiger partial charge in [0.05, 0.1) is 18.1 Å². The summed E-state index contributed by atoms with van der Waals surface area (Å²) >= 11 is 0. The third-order valence-electron chi connectivity index (χ3n) is 1.81. The van der Waals surface area contributed by atoms with Crippen molar-refractivity contribution in [2.45, 2.75) is 12.8 Å². The molecule has 0 radical (unpaired) electrons. The van der Waals surface area contributed by atoms with E-state index in [4.69, 9.17) is 10.4 Å². The highest BCUT2D eigenvalue weighted by Crippen LogP contribution is 2.18. The van der Waals surface area contributed by atoms with E-state index in [1.54, 1.807) is 0 Å². The van der Waals surface area contributed by atoms with Crippen LogP contribution in [0.1, 0.15) is 23.2 Å². The van der Waals surface area contributed by atoms with Crippen LogP contribution >= 0.6 is 0 Å². The largest absolute Gasteiger partial charge is 0.481 e. The number of halogens is 2. The highest BCUT2D eigenvalue weighted by atomic mass is 19.3. The van der Waals surface area contributed by atoms with Gasteiger partial charge in [0.2, 0.25) is 0 Å². The SMILES string of the molecule is N#Cc1cc(CC(=O)O)[nH]c(=O)c1C(F)F. The molecule has 0 bridgehead atoms. The van der Waals surface area contributed by atoms with Crippen LogP contribution in [0.25, 0.3) is 0 Å². The predicted molar refractivity (Wildman–Crippen MR) is 48.1 cm³/mol. The zero-order valence-corrected chi connectivity index (χ0v) is 7.83. The lowest BCUT2D eigenvalue weighted by molar-refractivity contribution is -0.136. The number of alkyl halides is 2. The van der Waals surface area contributed by atoms with Crippen LogP contribution < -0.4 is 5.56 Å². The number of carboxylic acid groups (broad SMARTS) is 1. The molecule has 0 fully saturated rings. The number of hydrogen-bond acceptors (Lipinski definition) is 3. The van der Waals surface area contributed by atoms with Crippen molar-refractivity contribution < 1.29 is 18.7 Å². The lowest BCUT2D eigenvalue weighted by atomic mass is 10.1. The van der Waals surface area contributed by atoms with E-state index in [0.717, 1.165) is 6.07 Å². The first kappa shape index (κ1) is 11.8. The van der Waals surface area contributed by atoms with Gasteiger partial charge in [0.1, 0.15) is 5.56 Å². The Hall–Kier alpha value is -2.23. The lowest BCUT2D eigenvalue weighted by Gasteiger charge is -2.03. The molecule has 0 aliphatic rings. The number of H-pyrrole nitrogens is 1. The van der Waals surface area contributed by atoms with Crippen molar-refractivity contribution in [3.05, 3.63) is 33.2 Å². The zero-order valence-electron chi connectivity index (χ0n) is 7.83. The Bertz CT molecular complexity index is 516. The number of rotatable bonds is 3.